The summed E-state index contributed by atoms with van der Waals surface area (Å²) in [6.07, 6.45) is 3.98. The first-order chi connectivity index (χ1) is 8.19. The van der Waals surface area contributed by atoms with E-state index < -0.39 is 0 Å². The van der Waals surface area contributed by atoms with Crippen LogP contribution in [0.5, 0.6) is 0 Å². The van der Waals surface area contributed by atoms with Crippen molar-refractivity contribution in [2.75, 3.05) is 12.4 Å². The van der Waals surface area contributed by atoms with Crippen molar-refractivity contribution in [1.29, 1.82) is 0 Å². The maximum Gasteiger partial charge on any atom is 0.157 e. The molecular weight excluding hydrogens is 232 g/mol. The normalized spacial score (nSPS) is 33.2. The van der Waals surface area contributed by atoms with Gasteiger partial charge < -0.3 is 10.1 Å². The Hall–Kier alpha value is -0.220. The molecule has 0 radical (unpaired) electrons. The summed E-state index contributed by atoms with van der Waals surface area (Å²) in [5.41, 5.74) is 0. The van der Waals surface area contributed by atoms with Crippen LogP contribution in [0.2, 0.25) is 0 Å². The summed E-state index contributed by atoms with van der Waals surface area (Å²) in [6, 6.07) is 1.10. The van der Waals surface area contributed by atoms with Gasteiger partial charge >= 0.3 is 0 Å². The first-order valence-corrected chi connectivity index (χ1v) is 7.76. The standard InChI is InChI=1S/C13H24N2OS/c1-4-16-11-7-10(8-11)14-13-15-12(9(2)3)5-6-17-13/h9-12H,4-8H2,1-3H3,(H,14,15). The van der Waals surface area contributed by atoms with Crippen molar-refractivity contribution in [2.24, 2.45) is 10.9 Å². The van der Waals surface area contributed by atoms with E-state index >= 15 is 0 Å². The number of hydrogen-bond donors (Lipinski definition) is 1. The molecule has 17 heavy (non-hydrogen) atoms. The number of amidine groups is 1. The molecule has 0 aromatic rings. The van der Waals surface area contributed by atoms with E-state index in [9.17, 15) is 0 Å². The Morgan fingerprint density at radius 2 is 2.24 bits per heavy atom. The van der Waals surface area contributed by atoms with Crippen LogP contribution in [0.25, 0.3) is 0 Å². The second-order valence-corrected chi connectivity index (χ2v) is 6.36. The minimum absolute atomic E-state index is 0.479. The molecule has 0 spiro atoms. The maximum atomic E-state index is 5.57. The Kier molecular flexibility index (Phi) is 4.74. The minimum Gasteiger partial charge on any atom is -0.378 e. The van der Waals surface area contributed by atoms with Gasteiger partial charge in [-0.1, -0.05) is 25.6 Å². The molecule has 0 aromatic heterocycles. The van der Waals surface area contributed by atoms with Crippen LogP contribution in [0.4, 0.5) is 0 Å². The molecular formula is C13H24N2OS. The first-order valence-electron chi connectivity index (χ1n) is 6.77. The van der Waals surface area contributed by atoms with Crippen molar-refractivity contribution in [3.05, 3.63) is 0 Å². The van der Waals surface area contributed by atoms with Gasteiger partial charge in [-0.2, -0.15) is 0 Å². The molecule has 2 rings (SSSR count). The fraction of sp³-hybridized carbons (Fsp3) is 0.923. The Morgan fingerprint density at radius 1 is 1.47 bits per heavy atom. The molecule has 98 valence electrons. The smallest absolute Gasteiger partial charge is 0.157 e. The molecule has 1 saturated carbocycles. The number of hydrogen-bond acceptors (Lipinski definition) is 4. The minimum atomic E-state index is 0.479. The summed E-state index contributed by atoms with van der Waals surface area (Å²) >= 11 is 1.87. The number of ether oxygens (including phenoxy) is 1. The molecule has 1 atom stereocenters. The van der Waals surface area contributed by atoms with Gasteiger partial charge in [0.15, 0.2) is 5.17 Å². The van der Waals surface area contributed by atoms with E-state index in [2.05, 4.69) is 26.1 Å². The molecule has 0 amide bonds. The van der Waals surface area contributed by atoms with Crippen LogP contribution >= 0.6 is 11.8 Å². The zero-order chi connectivity index (χ0) is 12.3. The van der Waals surface area contributed by atoms with Crippen LogP contribution in [-0.4, -0.2) is 35.7 Å². The molecule has 1 N–H and O–H groups in total. The summed E-state index contributed by atoms with van der Waals surface area (Å²) in [5.74, 6) is 1.86. The summed E-state index contributed by atoms with van der Waals surface area (Å²) in [5, 5.41) is 4.72. The Bertz CT molecular complexity index is 275. The van der Waals surface area contributed by atoms with E-state index in [1.165, 1.54) is 12.2 Å². The fourth-order valence-corrected chi connectivity index (χ4v) is 3.33. The lowest BCUT2D eigenvalue weighted by Gasteiger charge is -2.37. The number of nitrogens with zero attached hydrogens (tertiary/aromatic N) is 1. The number of thioether (sulfide) groups is 1. The average molecular weight is 256 g/mol. The highest BCUT2D eigenvalue weighted by Crippen LogP contribution is 2.26. The predicted molar refractivity (Wildman–Crippen MR) is 74.7 cm³/mol. The van der Waals surface area contributed by atoms with Gasteiger partial charge in [0.2, 0.25) is 0 Å². The van der Waals surface area contributed by atoms with E-state index in [4.69, 9.17) is 9.73 Å². The van der Waals surface area contributed by atoms with Crippen LogP contribution in [0.3, 0.4) is 0 Å². The van der Waals surface area contributed by atoms with E-state index in [1.54, 1.807) is 0 Å². The van der Waals surface area contributed by atoms with Gasteiger partial charge in [-0.25, -0.2) is 0 Å². The lowest BCUT2D eigenvalue weighted by Crippen LogP contribution is -2.48. The fourth-order valence-electron chi connectivity index (χ4n) is 2.32. The van der Waals surface area contributed by atoms with Crippen LogP contribution in [0.1, 0.15) is 40.0 Å². The van der Waals surface area contributed by atoms with Gasteiger partial charge in [0.05, 0.1) is 12.1 Å². The zero-order valence-corrected chi connectivity index (χ0v) is 11.9. The van der Waals surface area contributed by atoms with Crippen molar-refractivity contribution < 1.29 is 4.74 Å². The van der Waals surface area contributed by atoms with Crippen molar-refractivity contribution in [1.82, 2.24) is 5.32 Å². The van der Waals surface area contributed by atoms with Gasteiger partial charge in [-0.05, 0) is 32.1 Å². The lowest BCUT2D eigenvalue weighted by atomic mass is 9.89. The maximum absolute atomic E-state index is 5.57. The Morgan fingerprint density at radius 3 is 2.88 bits per heavy atom. The summed E-state index contributed by atoms with van der Waals surface area (Å²) in [4.78, 5) is 4.80. The SMILES string of the molecule is CCOC1CC(NC2=NC(C(C)C)CCS2)C1. The van der Waals surface area contributed by atoms with Gasteiger partial charge in [-0.3, -0.25) is 4.99 Å². The van der Waals surface area contributed by atoms with Crippen LogP contribution in [0.15, 0.2) is 4.99 Å². The molecule has 4 heteroatoms. The molecule has 2 aliphatic rings. The molecule has 1 aliphatic heterocycles. The quantitative estimate of drug-likeness (QED) is 0.839. The largest absolute Gasteiger partial charge is 0.378 e. The Labute approximate surface area is 109 Å². The average Bonchev–Trinajstić information content (AvgIpc) is 2.27. The van der Waals surface area contributed by atoms with Gasteiger partial charge in [0, 0.05) is 18.4 Å². The van der Waals surface area contributed by atoms with Crippen LogP contribution < -0.4 is 5.32 Å². The molecule has 1 heterocycles. The van der Waals surface area contributed by atoms with Gasteiger partial charge in [0.1, 0.15) is 0 Å². The van der Waals surface area contributed by atoms with Gasteiger partial charge in [-0.15, -0.1) is 0 Å². The monoisotopic (exact) mass is 256 g/mol. The number of nitrogens with one attached hydrogen (secondary N) is 1. The van der Waals surface area contributed by atoms with Crippen molar-refractivity contribution >= 4 is 16.9 Å². The highest BCUT2D eigenvalue weighted by Gasteiger charge is 2.31. The third kappa shape index (κ3) is 3.62. The van der Waals surface area contributed by atoms with E-state index in [-0.39, 0.29) is 0 Å². The lowest BCUT2D eigenvalue weighted by molar-refractivity contribution is -0.00545. The van der Waals surface area contributed by atoms with Crippen molar-refractivity contribution in [2.45, 2.75) is 58.2 Å². The first kappa shape index (κ1) is 13.2. The van der Waals surface area contributed by atoms with Crippen molar-refractivity contribution in [3.8, 4) is 0 Å². The predicted octanol–water partition coefficient (Wildman–Crippen LogP) is 2.66. The second-order valence-electron chi connectivity index (χ2n) is 5.27. The summed E-state index contributed by atoms with van der Waals surface area (Å²) in [7, 11) is 0. The van der Waals surface area contributed by atoms with Crippen LogP contribution in [0, 0.1) is 5.92 Å². The molecule has 0 aromatic carbocycles. The summed E-state index contributed by atoms with van der Waals surface area (Å²) < 4.78 is 5.57. The third-order valence-electron chi connectivity index (χ3n) is 3.53. The van der Waals surface area contributed by atoms with E-state index in [1.807, 2.05) is 11.8 Å². The van der Waals surface area contributed by atoms with Crippen LogP contribution in [-0.2, 0) is 4.74 Å². The summed E-state index contributed by atoms with van der Waals surface area (Å²) in [6.45, 7) is 7.42. The Balaban J connectivity index is 1.76. The molecule has 0 bridgehead atoms. The van der Waals surface area contributed by atoms with Gasteiger partial charge in [0.25, 0.3) is 0 Å². The zero-order valence-electron chi connectivity index (χ0n) is 11.1. The third-order valence-corrected chi connectivity index (χ3v) is 4.47. The number of rotatable bonds is 4. The highest BCUT2D eigenvalue weighted by molar-refractivity contribution is 8.13. The number of aliphatic imine (C=N–C) groups is 1. The molecule has 1 fully saturated rings. The van der Waals surface area contributed by atoms with E-state index in [0.717, 1.165) is 24.6 Å². The molecule has 0 saturated heterocycles. The molecule has 1 aliphatic carbocycles. The van der Waals surface area contributed by atoms with Crippen molar-refractivity contribution in [3.63, 3.8) is 0 Å². The second kappa shape index (κ2) is 6.10. The molecule has 3 nitrogen and oxygen atoms in total. The molecule has 1 unspecified atom stereocenters. The topological polar surface area (TPSA) is 33.6 Å². The van der Waals surface area contributed by atoms with E-state index in [0.29, 0.717) is 24.1 Å². The highest BCUT2D eigenvalue weighted by atomic mass is 32.2.